The number of benzene rings is 3. The molecular weight excluding hydrogens is 414 g/mol. The molecule has 4 nitrogen and oxygen atoms in total. The van der Waals surface area contributed by atoms with Gasteiger partial charge in [-0.25, -0.2) is 4.98 Å². The summed E-state index contributed by atoms with van der Waals surface area (Å²) in [5.74, 6) is 0.336. The minimum Gasteiger partial charge on any atom is -0.293 e. The minimum absolute atomic E-state index is 0.0688. The van der Waals surface area contributed by atoms with Gasteiger partial charge in [-0.15, -0.1) is 10.2 Å². The standard InChI is InChI=1S/C27H25N3OS/c1-17-6-11-21(12-7-17)25-26(22-13-8-18(2)9-14-22)29-30-27(28-25)32-16-24(31)23-15-19(3)5-10-20(23)4/h5-15H,16H2,1-4H3. The van der Waals surface area contributed by atoms with Crippen LogP contribution in [0, 0.1) is 27.7 Å². The highest BCUT2D eigenvalue weighted by molar-refractivity contribution is 7.99. The van der Waals surface area contributed by atoms with Crippen molar-refractivity contribution in [3.63, 3.8) is 0 Å². The molecule has 1 heterocycles. The molecule has 0 aliphatic carbocycles. The molecule has 4 aromatic rings. The number of carbonyl (C=O) groups excluding carboxylic acids is 1. The van der Waals surface area contributed by atoms with Crippen molar-refractivity contribution >= 4 is 17.5 Å². The first-order valence-electron chi connectivity index (χ1n) is 10.5. The molecular formula is C27H25N3OS. The topological polar surface area (TPSA) is 55.7 Å². The summed E-state index contributed by atoms with van der Waals surface area (Å²) in [6, 6.07) is 22.4. The summed E-state index contributed by atoms with van der Waals surface area (Å²) in [4.78, 5) is 17.6. The van der Waals surface area contributed by atoms with Crippen molar-refractivity contribution in [2.75, 3.05) is 5.75 Å². The summed E-state index contributed by atoms with van der Waals surface area (Å²) in [7, 11) is 0. The number of aryl methyl sites for hydroxylation is 4. The van der Waals surface area contributed by atoms with Crippen molar-refractivity contribution in [2.45, 2.75) is 32.9 Å². The summed E-state index contributed by atoms with van der Waals surface area (Å²) in [6.45, 7) is 8.07. The van der Waals surface area contributed by atoms with Gasteiger partial charge in [0.25, 0.3) is 0 Å². The van der Waals surface area contributed by atoms with E-state index in [1.807, 2.05) is 56.3 Å². The lowest BCUT2D eigenvalue weighted by Gasteiger charge is -2.10. The van der Waals surface area contributed by atoms with Gasteiger partial charge in [0.05, 0.1) is 5.75 Å². The second kappa shape index (κ2) is 9.45. The van der Waals surface area contributed by atoms with Crippen LogP contribution in [-0.2, 0) is 0 Å². The molecule has 0 N–H and O–H groups in total. The van der Waals surface area contributed by atoms with E-state index in [-0.39, 0.29) is 11.5 Å². The molecule has 0 bridgehead atoms. The molecule has 0 amide bonds. The molecule has 0 saturated carbocycles. The van der Waals surface area contributed by atoms with Crippen LogP contribution in [0.5, 0.6) is 0 Å². The zero-order valence-corrected chi connectivity index (χ0v) is 19.5. The predicted octanol–water partition coefficient (Wildman–Crippen LogP) is 6.41. The molecule has 1 aromatic heterocycles. The van der Waals surface area contributed by atoms with E-state index in [4.69, 9.17) is 4.98 Å². The SMILES string of the molecule is Cc1ccc(-c2nnc(SCC(=O)c3cc(C)ccc3C)nc2-c2ccc(C)cc2)cc1. The number of Topliss-reactive ketones (excluding diaryl/α,β-unsaturated/α-hetero) is 1. The largest absolute Gasteiger partial charge is 0.293 e. The second-order valence-electron chi connectivity index (χ2n) is 8.05. The van der Waals surface area contributed by atoms with E-state index in [9.17, 15) is 4.79 Å². The van der Waals surface area contributed by atoms with Gasteiger partial charge >= 0.3 is 0 Å². The lowest BCUT2D eigenvalue weighted by Crippen LogP contribution is -2.07. The van der Waals surface area contributed by atoms with E-state index in [2.05, 4.69) is 48.3 Å². The van der Waals surface area contributed by atoms with Crippen LogP contribution >= 0.6 is 11.8 Å². The first-order valence-corrected chi connectivity index (χ1v) is 11.5. The monoisotopic (exact) mass is 439 g/mol. The summed E-state index contributed by atoms with van der Waals surface area (Å²) < 4.78 is 0. The lowest BCUT2D eigenvalue weighted by molar-refractivity contribution is 0.102. The lowest BCUT2D eigenvalue weighted by atomic mass is 10.0. The summed E-state index contributed by atoms with van der Waals surface area (Å²) in [5.41, 5.74) is 8.62. The maximum Gasteiger partial charge on any atom is 0.210 e. The van der Waals surface area contributed by atoms with Crippen molar-refractivity contribution < 1.29 is 4.79 Å². The maximum absolute atomic E-state index is 12.8. The molecule has 0 spiro atoms. The molecule has 0 aliphatic heterocycles. The van der Waals surface area contributed by atoms with E-state index in [0.717, 1.165) is 39.2 Å². The fourth-order valence-corrected chi connectivity index (χ4v) is 4.11. The Morgan fingerprint density at radius 2 is 1.28 bits per heavy atom. The molecule has 0 saturated heterocycles. The van der Waals surface area contributed by atoms with Crippen LogP contribution in [0.25, 0.3) is 22.5 Å². The molecule has 0 atom stereocenters. The highest BCUT2D eigenvalue weighted by Gasteiger charge is 2.16. The van der Waals surface area contributed by atoms with Crippen molar-refractivity contribution in [1.82, 2.24) is 15.2 Å². The third-order valence-electron chi connectivity index (χ3n) is 5.34. The van der Waals surface area contributed by atoms with Gasteiger partial charge in [0, 0.05) is 16.7 Å². The Bertz CT molecular complexity index is 1270. The van der Waals surface area contributed by atoms with E-state index in [0.29, 0.717) is 5.16 Å². The molecule has 0 fully saturated rings. The zero-order valence-electron chi connectivity index (χ0n) is 18.7. The van der Waals surface area contributed by atoms with Crippen molar-refractivity contribution in [3.8, 4) is 22.5 Å². The average molecular weight is 440 g/mol. The Morgan fingerprint density at radius 3 is 1.91 bits per heavy atom. The van der Waals surface area contributed by atoms with Gasteiger partial charge in [0.2, 0.25) is 5.16 Å². The molecule has 3 aromatic carbocycles. The van der Waals surface area contributed by atoms with Crippen LogP contribution in [0.2, 0.25) is 0 Å². The van der Waals surface area contributed by atoms with Gasteiger partial charge in [-0.1, -0.05) is 89.1 Å². The summed E-state index contributed by atoms with van der Waals surface area (Å²) in [5, 5.41) is 9.35. The Balaban J connectivity index is 1.66. The highest BCUT2D eigenvalue weighted by atomic mass is 32.2. The van der Waals surface area contributed by atoms with Crippen LogP contribution < -0.4 is 0 Å². The number of thioether (sulfide) groups is 1. The molecule has 0 radical (unpaired) electrons. The molecule has 160 valence electrons. The smallest absolute Gasteiger partial charge is 0.210 e. The van der Waals surface area contributed by atoms with E-state index in [1.54, 1.807) is 0 Å². The number of ketones is 1. The molecule has 0 aliphatic rings. The van der Waals surface area contributed by atoms with Crippen LogP contribution in [0.15, 0.2) is 71.9 Å². The van der Waals surface area contributed by atoms with Gasteiger partial charge in [-0.2, -0.15) is 0 Å². The van der Waals surface area contributed by atoms with Crippen LogP contribution in [0.1, 0.15) is 32.6 Å². The van der Waals surface area contributed by atoms with Crippen molar-refractivity contribution in [3.05, 3.63) is 94.5 Å². The second-order valence-corrected chi connectivity index (χ2v) is 9.00. The van der Waals surface area contributed by atoms with Gasteiger partial charge in [0.15, 0.2) is 5.78 Å². The number of hydrogen-bond donors (Lipinski definition) is 0. The number of carbonyl (C=O) groups is 1. The molecule has 4 rings (SSSR count). The number of aromatic nitrogens is 3. The first-order chi connectivity index (χ1) is 15.4. The van der Waals surface area contributed by atoms with E-state index in [1.165, 1.54) is 22.9 Å². The van der Waals surface area contributed by atoms with E-state index < -0.39 is 0 Å². The fraction of sp³-hybridized carbons (Fsp3) is 0.185. The van der Waals surface area contributed by atoms with Gasteiger partial charge in [0.1, 0.15) is 11.4 Å². The third-order valence-corrected chi connectivity index (χ3v) is 6.18. The minimum atomic E-state index is 0.0688. The molecule has 5 heteroatoms. The fourth-order valence-electron chi connectivity index (χ4n) is 3.43. The quantitative estimate of drug-likeness (QED) is 0.256. The van der Waals surface area contributed by atoms with Crippen molar-refractivity contribution in [1.29, 1.82) is 0 Å². The van der Waals surface area contributed by atoms with Gasteiger partial charge in [-0.05, 0) is 39.3 Å². The Kier molecular flexibility index (Phi) is 6.47. The van der Waals surface area contributed by atoms with Gasteiger partial charge in [-0.3, -0.25) is 4.79 Å². The Labute approximate surface area is 193 Å². The number of rotatable bonds is 6. The van der Waals surface area contributed by atoms with Crippen LogP contribution in [0.3, 0.4) is 0 Å². The third kappa shape index (κ3) is 4.94. The summed E-state index contributed by atoms with van der Waals surface area (Å²) in [6.07, 6.45) is 0. The first kappa shape index (κ1) is 21.9. The average Bonchev–Trinajstić information content (AvgIpc) is 2.80. The highest BCUT2D eigenvalue weighted by Crippen LogP contribution is 2.30. The molecule has 32 heavy (non-hydrogen) atoms. The normalized spacial score (nSPS) is 10.9. The van der Waals surface area contributed by atoms with E-state index >= 15 is 0 Å². The number of hydrogen-bond acceptors (Lipinski definition) is 5. The van der Waals surface area contributed by atoms with Crippen LogP contribution in [-0.4, -0.2) is 26.7 Å². The number of nitrogens with zero attached hydrogens (tertiary/aromatic N) is 3. The van der Waals surface area contributed by atoms with Crippen LogP contribution in [0.4, 0.5) is 0 Å². The Hall–Kier alpha value is -3.31. The zero-order chi connectivity index (χ0) is 22.7. The van der Waals surface area contributed by atoms with Crippen molar-refractivity contribution in [2.24, 2.45) is 0 Å². The summed E-state index contributed by atoms with van der Waals surface area (Å²) >= 11 is 1.32. The Morgan fingerprint density at radius 1 is 0.719 bits per heavy atom. The van der Waals surface area contributed by atoms with Gasteiger partial charge < -0.3 is 0 Å². The maximum atomic E-state index is 12.8. The molecule has 0 unspecified atom stereocenters. The predicted molar refractivity (Wildman–Crippen MR) is 131 cm³/mol.